The van der Waals surface area contributed by atoms with Gasteiger partial charge in [0.2, 0.25) is 0 Å². The van der Waals surface area contributed by atoms with Crippen LogP contribution in [0.2, 0.25) is 0 Å². The Morgan fingerprint density at radius 1 is 1.18 bits per heavy atom. The lowest BCUT2D eigenvalue weighted by Gasteiger charge is -2.07. The molecule has 0 amide bonds. The van der Waals surface area contributed by atoms with E-state index in [9.17, 15) is 0 Å². The molecule has 2 aromatic heterocycles. The van der Waals surface area contributed by atoms with E-state index in [1.807, 2.05) is 12.3 Å². The fourth-order valence-electron chi connectivity index (χ4n) is 1.89. The van der Waals surface area contributed by atoms with Crippen LogP contribution in [0.4, 0.5) is 0 Å². The van der Waals surface area contributed by atoms with Crippen molar-refractivity contribution < 1.29 is 0 Å². The molecule has 4 heteroatoms. The molecule has 0 aliphatic carbocycles. The van der Waals surface area contributed by atoms with Gasteiger partial charge in [-0.15, -0.1) is 22.7 Å². The number of fused-ring (bicyclic) bond motifs is 1. The summed E-state index contributed by atoms with van der Waals surface area (Å²) in [6, 6.07) is 8.26. The van der Waals surface area contributed by atoms with Crippen LogP contribution in [0.15, 0.2) is 35.0 Å². The van der Waals surface area contributed by atoms with Crippen LogP contribution in [0.25, 0.3) is 10.1 Å². The maximum absolute atomic E-state index is 6.29. The van der Waals surface area contributed by atoms with Crippen molar-refractivity contribution in [3.63, 3.8) is 0 Å². The number of nitrogens with zero attached hydrogens (tertiary/aromatic N) is 1. The van der Waals surface area contributed by atoms with Gasteiger partial charge in [0.05, 0.1) is 6.04 Å². The predicted octanol–water partition coefficient (Wildman–Crippen LogP) is 3.71. The average molecular weight is 260 g/mol. The number of rotatable bonds is 2. The molecule has 2 N–H and O–H groups in total. The molecule has 0 aliphatic rings. The van der Waals surface area contributed by atoms with Crippen LogP contribution >= 0.6 is 22.7 Å². The van der Waals surface area contributed by atoms with Crippen LogP contribution in [-0.4, -0.2) is 4.98 Å². The second-order valence-electron chi connectivity index (χ2n) is 3.99. The maximum Gasteiger partial charge on any atom is 0.114 e. The normalized spacial score (nSPS) is 13.1. The third kappa shape index (κ3) is 1.88. The highest BCUT2D eigenvalue weighted by molar-refractivity contribution is 7.17. The molecule has 2 nitrogen and oxygen atoms in total. The van der Waals surface area contributed by atoms with Crippen molar-refractivity contribution in [2.45, 2.75) is 13.0 Å². The van der Waals surface area contributed by atoms with Gasteiger partial charge in [0, 0.05) is 15.8 Å². The highest BCUT2D eigenvalue weighted by Crippen LogP contribution is 2.33. The number of thiazole rings is 1. The molecule has 0 spiro atoms. The van der Waals surface area contributed by atoms with Gasteiger partial charge in [-0.2, -0.15) is 0 Å². The van der Waals surface area contributed by atoms with Gasteiger partial charge in [-0.25, -0.2) is 4.98 Å². The Morgan fingerprint density at radius 2 is 2.00 bits per heavy atom. The van der Waals surface area contributed by atoms with E-state index in [2.05, 4.69) is 34.6 Å². The van der Waals surface area contributed by atoms with E-state index in [1.54, 1.807) is 22.7 Å². The van der Waals surface area contributed by atoms with Crippen molar-refractivity contribution in [3.05, 3.63) is 51.3 Å². The molecule has 86 valence electrons. The van der Waals surface area contributed by atoms with Crippen LogP contribution in [0, 0.1) is 6.92 Å². The van der Waals surface area contributed by atoms with Crippen molar-refractivity contribution in [1.29, 1.82) is 0 Å². The standard InChI is InChI=1S/C13H12N2S2/c1-8-6-17-13(15-8)12(14)10-7-16-11-5-3-2-4-9(10)11/h2-7,12H,14H2,1H3. The van der Waals surface area contributed by atoms with Crippen molar-refractivity contribution in [3.8, 4) is 0 Å². The monoisotopic (exact) mass is 260 g/mol. The van der Waals surface area contributed by atoms with E-state index < -0.39 is 0 Å². The Bertz CT molecular complexity index is 654. The molecule has 1 atom stereocenters. The first-order valence-electron chi connectivity index (χ1n) is 5.39. The first kappa shape index (κ1) is 10.9. The minimum Gasteiger partial charge on any atom is -0.318 e. The second-order valence-corrected chi connectivity index (χ2v) is 5.79. The Hall–Kier alpha value is -1.23. The fraction of sp³-hybridized carbons (Fsp3) is 0.154. The van der Waals surface area contributed by atoms with Crippen LogP contribution in [0.1, 0.15) is 22.3 Å². The molecule has 3 aromatic rings. The van der Waals surface area contributed by atoms with Gasteiger partial charge in [-0.05, 0) is 29.3 Å². The van der Waals surface area contributed by atoms with Crippen LogP contribution in [-0.2, 0) is 0 Å². The first-order valence-corrected chi connectivity index (χ1v) is 7.15. The van der Waals surface area contributed by atoms with E-state index in [1.165, 1.54) is 15.6 Å². The largest absolute Gasteiger partial charge is 0.318 e. The number of aryl methyl sites for hydroxylation is 1. The number of hydrogen-bond acceptors (Lipinski definition) is 4. The van der Waals surface area contributed by atoms with E-state index >= 15 is 0 Å². The van der Waals surface area contributed by atoms with Crippen molar-refractivity contribution >= 4 is 32.8 Å². The van der Waals surface area contributed by atoms with E-state index in [4.69, 9.17) is 5.73 Å². The summed E-state index contributed by atoms with van der Waals surface area (Å²) in [5, 5.41) is 6.43. The van der Waals surface area contributed by atoms with Gasteiger partial charge in [-0.3, -0.25) is 0 Å². The van der Waals surface area contributed by atoms with Gasteiger partial charge in [0.1, 0.15) is 5.01 Å². The molecule has 1 aromatic carbocycles. The molecule has 0 saturated heterocycles. The summed E-state index contributed by atoms with van der Waals surface area (Å²) in [5.41, 5.74) is 8.52. The minimum absolute atomic E-state index is 0.107. The van der Waals surface area contributed by atoms with Crippen molar-refractivity contribution in [2.75, 3.05) is 0 Å². The second kappa shape index (κ2) is 4.22. The smallest absolute Gasteiger partial charge is 0.114 e. The fourth-order valence-corrected chi connectivity index (χ4v) is 3.70. The van der Waals surface area contributed by atoms with Crippen LogP contribution in [0.3, 0.4) is 0 Å². The minimum atomic E-state index is -0.107. The summed E-state index contributed by atoms with van der Waals surface area (Å²) >= 11 is 3.37. The zero-order valence-corrected chi connectivity index (χ0v) is 11.0. The molecular formula is C13H12N2S2. The predicted molar refractivity (Wildman–Crippen MR) is 74.7 cm³/mol. The Labute approximate surface area is 108 Å². The summed E-state index contributed by atoms with van der Waals surface area (Å²) in [7, 11) is 0. The third-order valence-corrected chi connectivity index (χ3v) is 4.78. The number of aromatic nitrogens is 1. The molecule has 0 fully saturated rings. The van der Waals surface area contributed by atoms with Crippen molar-refractivity contribution in [2.24, 2.45) is 5.73 Å². The quantitative estimate of drug-likeness (QED) is 0.762. The van der Waals surface area contributed by atoms with Gasteiger partial charge >= 0.3 is 0 Å². The highest BCUT2D eigenvalue weighted by Gasteiger charge is 2.16. The Kier molecular flexibility index (Phi) is 2.70. The Balaban J connectivity index is 2.09. The molecule has 0 radical (unpaired) electrons. The summed E-state index contributed by atoms with van der Waals surface area (Å²) in [4.78, 5) is 4.47. The number of hydrogen-bond donors (Lipinski definition) is 1. The lowest BCUT2D eigenvalue weighted by Crippen LogP contribution is -2.10. The maximum atomic E-state index is 6.29. The van der Waals surface area contributed by atoms with Gasteiger partial charge in [0.15, 0.2) is 0 Å². The van der Waals surface area contributed by atoms with E-state index in [0.29, 0.717) is 0 Å². The van der Waals surface area contributed by atoms with E-state index in [0.717, 1.165) is 10.7 Å². The van der Waals surface area contributed by atoms with Gasteiger partial charge in [-0.1, -0.05) is 18.2 Å². The average Bonchev–Trinajstić information content (AvgIpc) is 2.94. The van der Waals surface area contributed by atoms with Crippen molar-refractivity contribution in [1.82, 2.24) is 4.98 Å². The van der Waals surface area contributed by atoms with Gasteiger partial charge in [0.25, 0.3) is 0 Å². The van der Waals surface area contributed by atoms with E-state index in [-0.39, 0.29) is 6.04 Å². The summed E-state index contributed by atoms with van der Waals surface area (Å²) in [6.07, 6.45) is 0. The molecule has 0 aliphatic heterocycles. The zero-order chi connectivity index (χ0) is 11.8. The first-order chi connectivity index (χ1) is 8.25. The molecule has 17 heavy (non-hydrogen) atoms. The molecule has 3 rings (SSSR count). The molecular weight excluding hydrogens is 248 g/mol. The number of nitrogens with two attached hydrogens (primary N) is 1. The molecule has 0 bridgehead atoms. The summed E-state index contributed by atoms with van der Waals surface area (Å²) in [6.45, 7) is 2.00. The van der Waals surface area contributed by atoms with Crippen LogP contribution < -0.4 is 5.73 Å². The Morgan fingerprint density at radius 3 is 2.76 bits per heavy atom. The summed E-state index contributed by atoms with van der Waals surface area (Å²) in [5.74, 6) is 0. The molecule has 2 heterocycles. The zero-order valence-electron chi connectivity index (χ0n) is 9.38. The lowest BCUT2D eigenvalue weighted by atomic mass is 10.1. The lowest BCUT2D eigenvalue weighted by molar-refractivity contribution is 0.864. The van der Waals surface area contributed by atoms with Gasteiger partial charge < -0.3 is 5.73 Å². The highest BCUT2D eigenvalue weighted by atomic mass is 32.1. The SMILES string of the molecule is Cc1csc(C(N)c2csc3ccccc23)n1. The topological polar surface area (TPSA) is 38.9 Å². The third-order valence-electron chi connectivity index (χ3n) is 2.75. The number of benzene rings is 1. The summed E-state index contributed by atoms with van der Waals surface area (Å²) < 4.78 is 1.28. The number of thiophene rings is 1. The molecule has 0 saturated carbocycles. The van der Waals surface area contributed by atoms with Crippen LogP contribution in [0.5, 0.6) is 0 Å². The molecule has 1 unspecified atom stereocenters.